The normalized spacial score (nSPS) is 14.0. The number of nitrogens with zero attached hydrogens (tertiary/aromatic N) is 4. The number of rotatable bonds is 7. The van der Waals surface area contributed by atoms with Crippen LogP contribution in [-0.2, 0) is 37.6 Å². The molecule has 65 heavy (non-hydrogen) atoms. The molecule has 5 nitrogen and oxygen atoms in total. The molecule has 3 heterocycles. The van der Waals surface area contributed by atoms with Gasteiger partial charge in [-0.05, 0) is 17.0 Å². The third-order valence-electron chi connectivity index (χ3n) is 13.8. The number of ether oxygens (including phenoxy) is 1. The Hall–Kier alpha value is -6.55. The topological polar surface area (TPSA) is 36.9 Å². The number of hydrogen-bond donors (Lipinski definition) is 0. The summed E-state index contributed by atoms with van der Waals surface area (Å²) in [5.41, 5.74) is 17.6. The zero-order chi connectivity index (χ0) is 43.8. The third kappa shape index (κ3) is 6.69. The fourth-order valence-corrected chi connectivity index (χ4v) is 12.0. The van der Waals surface area contributed by atoms with Gasteiger partial charge in [0.25, 0.3) is 0 Å². The summed E-state index contributed by atoms with van der Waals surface area (Å²) >= 11 is 2.56. The van der Waals surface area contributed by atoms with Gasteiger partial charge in [-0.15, -0.1) is 0 Å². The first-order chi connectivity index (χ1) is 31.8. The van der Waals surface area contributed by atoms with E-state index in [-0.39, 0.29) is 5.41 Å². The molecule has 10 aromatic rings. The van der Waals surface area contributed by atoms with Gasteiger partial charge in [0.05, 0.1) is 0 Å². The van der Waals surface area contributed by atoms with Crippen molar-refractivity contribution in [1.82, 2.24) is 18.7 Å². The van der Waals surface area contributed by atoms with E-state index >= 15 is 0 Å². The fraction of sp³-hybridized carbons (Fsp3) is 0.186. The molecule has 7 aromatic carbocycles. The Morgan fingerprint density at radius 3 is 1.89 bits per heavy atom. The van der Waals surface area contributed by atoms with E-state index in [1.54, 1.807) is 16.7 Å². The second kappa shape index (κ2) is 15.9. The Kier molecular flexibility index (Phi) is 9.76. The van der Waals surface area contributed by atoms with Crippen LogP contribution in [0.2, 0.25) is 0 Å². The molecule has 0 unspecified atom stereocenters. The van der Waals surface area contributed by atoms with Gasteiger partial charge in [0, 0.05) is 6.20 Å². The van der Waals surface area contributed by atoms with Gasteiger partial charge in [0.2, 0.25) is 0 Å². The number of aromatic nitrogens is 4. The standard InChI is InChI=1S/C59H48N4O.Pt/c1-59(2,3)42-33-34-60-54(35-42)63-50-28-11-10-25-46(50)47-32-31-45(37-53(47)63)64-44-24-16-23-43(36-44)61-38-62(52-30-13-12-29-51(52)61)58-56(40-17-6-4-7-18-40)48-26-14-21-39-22-15-27-49(55(39)48)57(58)41-19-8-5-9-20-41;/h4-13,16-20,23-25,28-35,39H,14-15,21-22,26-27H2,1-3H3;/q-2;. The molecule has 6 heteroatoms. The van der Waals surface area contributed by atoms with Crippen LogP contribution >= 0.6 is 0 Å². The third-order valence-corrected chi connectivity index (χ3v) is 14.8. The van der Waals surface area contributed by atoms with E-state index in [0.717, 1.165) is 61.0 Å². The maximum absolute atomic E-state index is 6.75. The van der Waals surface area contributed by atoms with Crippen LogP contribution in [0.3, 0.4) is 0 Å². The summed E-state index contributed by atoms with van der Waals surface area (Å²) in [5, 5.41) is 2.25. The van der Waals surface area contributed by atoms with E-state index in [2.05, 4.69) is 205 Å². The van der Waals surface area contributed by atoms with E-state index in [1.165, 1.54) is 59.2 Å². The van der Waals surface area contributed by atoms with Crippen LogP contribution in [0.4, 0.5) is 0 Å². The molecular formula is C59H48N4OPt-2. The molecule has 2 aliphatic carbocycles. The molecule has 0 spiro atoms. The molecule has 12 rings (SSSR count). The molecule has 0 bridgehead atoms. The van der Waals surface area contributed by atoms with Gasteiger partial charge in [0.15, 0.2) is 0 Å². The monoisotopic (exact) mass is 1020 g/mol. The average molecular weight is 1020 g/mol. The summed E-state index contributed by atoms with van der Waals surface area (Å²) in [5.74, 6) is 2.71. The van der Waals surface area contributed by atoms with Gasteiger partial charge in [-0.2, -0.15) is 0 Å². The molecule has 3 aromatic heterocycles. The molecular weight excluding hydrogens is 976 g/mol. The van der Waals surface area contributed by atoms with Crippen molar-refractivity contribution in [2.75, 3.05) is 0 Å². The molecule has 0 radical (unpaired) electrons. The predicted octanol–water partition coefficient (Wildman–Crippen LogP) is 14.8. The van der Waals surface area contributed by atoms with Crippen LogP contribution < -0.4 is 4.74 Å². The average Bonchev–Trinajstić information content (AvgIpc) is 3.82. The quantitative estimate of drug-likeness (QED) is 0.149. The number of pyridine rings is 1. The van der Waals surface area contributed by atoms with Crippen molar-refractivity contribution < 1.29 is 24.1 Å². The van der Waals surface area contributed by atoms with Gasteiger partial charge in [0.1, 0.15) is 0 Å². The molecule has 322 valence electrons. The van der Waals surface area contributed by atoms with Gasteiger partial charge < -0.3 is 0 Å². The van der Waals surface area contributed by atoms with Crippen molar-refractivity contribution in [3.05, 3.63) is 196 Å². The summed E-state index contributed by atoms with van der Waals surface area (Å²) in [6.45, 7) is 6.71. The van der Waals surface area contributed by atoms with Crippen molar-refractivity contribution >= 4 is 32.8 Å². The van der Waals surface area contributed by atoms with Crippen LogP contribution in [0.25, 0.3) is 72.3 Å². The summed E-state index contributed by atoms with van der Waals surface area (Å²) < 4.78 is 14.9. The van der Waals surface area contributed by atoms with Crippen molar-refractivity contribution in [2.24, 2.45) is 0 Å². The van der Waals surface area contributed by atoms with Gasteiger partial charge in [-0.3, -0.25) is 0 Å². The number of imidazole rings is 1. The first-order valence-electron chi connectivity index (χ1n) is 23.0. The summed E-state index contributed by atoms with van der Waals surface area (Å²) in [6.07, 6.45) is 9.10. The second-order valence-corrected chi connectivity index (χ2v) is 19.7. The SMILES string of the molecule is CC(C)(C)c1ccnc(-n2c3[c-]c(Oc4[c-]c(-n5[c](=[Pt])n(-c6c(-c7ccccc7)c7c8c(c6-c6ccccc6)CCCC8CCC7)c6ccccc65)ccc4)ccc3c3ccccc32)c1. The van der Waals surface area contributed by atoms with Crippen LogP contribution in [0.1, 0.15) is 74.6 Å². The van der Waals surface area contributed by atoms with E-state index in [0.29, 0.717) is 17.4 Å². The number of para-hydroxylation sites is 3. The van der Waals surface area contributed by atoms with E-state index in [9.17, 15) is 0 Å². The van der Waals surface area contributed by atoms with Crippen LogP contribution in [-0.4, -0.2) is 18.7 Å². The fourth-order valence-electron chi connectivity index (χ4n) is 10.9. The summed E-state index contributed by atoms with van der Waals surface area (Å²) in [6, 6.07) is 61.7. The maximum atomic E-state index is 6.75. The minimum absolute atomic E-state index is 0.0219. The molecule has 0 N–H and O–H groups in total. The number of benzene rings is 7. The zero-order valence-corrected chi connectivity index (χ0v) is 39.1. The van der Waals surface area contributed by atoms with Crippen LogP contribution in [0.5, 0.6) is 11.5 Å². The first-order valence-corrected chi connectivity index (χ1v) is 24.1. The minimum atomic E-state index is -0.0219. The summed E-state index contributed by atoms with van der Waals surface area (Å²) in [4.78, 5) is 4.88. The molecule has 0 saturated carbocycles. The van der Waals surface area contributed by atoms with Gasteiger partial charge >= 0.3 is 337 Å². The first kappa shape index (κ1) is 40.0. The van der Waals surface area contributed by atoms with Crippen molar-refractivity contribution in [3.8, 4) is 50.9 Å². The Morgan fingerprint density at radius 2 is 1.22 bits per heavy atom. The van der Waals surface area contributed by atoms with Gasteiger partial charge in [-0.1, -0.05) is 32.9 Å². The summed E-state index contributed by atoms with van der Waals surface area (Å²) in [7, 11) is 0. The predicted molar refractivity (Wildman–Crippen MR) is 260 cm³/mol. The molecule has 0 amide bonds. The Balaban J connectivity index is 1.03. The van der Waals surface area contributed by atoms with Crippen LogP contribution in [0, 0.1) is 15.9 Å². The van der Waals surface area contributed by atoms with E-state index in [4.69, 9.17) is 9.72 Å². The van der Waals surface area contributed by atoms with E-state index < -0.39 is 0 Å². The van der Waals surface area contributed by atoms with Gasteiger partial charge in [-0.25, -0.2) is 0 Å². The number of fused-ring (bicyclic) bond motifs is 4. The van der Waals surface area contributed by atoms with Crippen molar-refractivity contribution in [1.29, 1.82) is 0 Å². The second-order valence-electron chi connectivity index (χ2n) is 18.7. The van der Waals surface area contributed by atoms with Crippen LogP contribution in [0.15, 0.2) is 158 Å². The molecule has 0 atom stereocenters. The molecule has 0 fully saturated rings. The molecule has 2 aliphatic rings. The molecule has 0 saturated heterocycles. The molecule has 0 aliphatic heterocycles. The van der Waals surface area contributed by atoms with E-state index in [1.807, 2.05) is 18.3 Å². The van der Waals surface area contributed by atoms with Crippen molar-refractivity contribution in [3.63, 3.8) is 0 Å². The van der Waals surface area contributed by atoms with Crippen molar-refractivity contribution in [2.45, 2.75) is 70.6 Å². The number of hydrogen-bond acceptors (Lipinski definition) is 2. The zero-order valence-electron chi connectivity index (χ0n) is 36.8. The Labute approximate surface area is 391 Å². The Bertz CT molecular complexity index is 3460. The Morgan fingerprint density at radius 1 is 0.600 bits per heavy atom.